The van der Waals surface area contributed by atoms with Crippen molar-refractivity contribution >= 4 is 5.91 Å². The Balaban J connectivity index is 1.82. The van der Waals surface area contributed by atoms with Crippen molar-refractivity contribution in [1.29, 1.82) is 0 Å². The molecule has 5 heteroatoms. The molecule has 1 amide bonds. The van der Waals surface area contributed by atoms with Crippen molar-refractivity contribution in [3.05, 3.63) is 23.9 Å². The van der Waals surface area contributed by atoms with E-state index in [0.29, 0.717) is 12.5 Å². The average Bonchev–Trinajstić information content (AvgIpc) is 3.20. The fourth-order valence-corrected chi connectivity index (χ4v) is 4.21. The highest BCUT2D eigenvalue weighted by Gasteiger charge is 2.64. The highest BCUT2D eigenvalue weighted by Crippen LogP contribution is 2.61. The summed E-state index contributed by atoms with van der Waals surface area (Å²) in [5, 5.41) is 0. The number of aryl methyl sites for hydroxylation is 1. The molecular formula is C18H27N3O2. The van der Waals surface area contributed by atoms with E-state index in [4.69, 9.17) is 10.5 Å². The van der Waals surface area contributed by atoms with Gasteiger partial charge in [0, 0.05) is 23.2 Å². The zero-order valence-corrected chi connectivity index (χ0v) is 14.3. The van der Waals surface area contributed by atoms with Crippen LogP contribution in [0, 0.1) is 17.8 Å². The third kappa shape index (κ3) is 2.61. The number of likely N-dealkylation sites (tertiary alicyclic amines) is 1. The Bertz CT molecular complexity index is 600. The largest absolute Gasteiger partial charge is 0.477 e. The molecule has 0 radical (unpaired) electrons. The van der Waals surface area contributed by atoms with E-state index in [9.17, 15) is 4.79 Å². The fourth-order valence-electron chi connectivity index (χ4n) is 4.21. The highest BCUT2D eigenvalue weighted by atomic mass is 16.5. The normalized spacial score (nSPS) is 25.8. The molecule has 0 aromatic carbocycles. The zero-order chi connectivity index (χ0) is 16.7. The summed E-state index contributed by atoms with van der Waals surface area (Å²) in [5.74, 6) is 0.459. The van der Waals surface area contributed by atoms with Crippen LogP contribution in [0.2, 0.25) is 0 Å². The Morgan fingerprint density at radius 2 is 2.30 bits per heavy atom. The molecule has 126 valence electrons. The molecule has 23 heavy (non-hydrogen) atoms. The van der Waals surface area contributed by atoms with Gasteiger partial charge in [-0.1, -0.05) is 6.07 Å². The van der Waals surface area contributed by atoms with Crippen molar-refractivity contribution in [1.82, 2.24) is 9.88 Å². The Morgan fingerprint density at radius 3 is 2.83 bits per heavy atom. The first-order valence-electron chi connectivity index (χ1n) is 8.45. The lowest BCUT2D eigenvalue weighted by atomic mass is 9.67. The summed E-state index contributed by atoms with van der Waals surface area (Å²) < 4.78 is 6.02. The van der Waals surface area contributed by atoms with Crippen LogP contribution in [0.25, 0.3) is 0 Å². The minimum Gasteiger partial charge on any atom is -0.477 e. The molecule has 2 heterocycles. The summed E-state index contributed by atoms with van der Waals surface area (Å²) in [7, 11) is 2.10. The van der Waals surface area contributed by atoms with Crippen LogP contribution in [0.4, 0.5) is 0 Å². The second-order valence-electron chi connectivity index (χ2n) is 7.40. The van der Waals surface area contributed by atoms with Gasteiger partial charge < -0.3 is 15.4 Å². The minimum absolute atomic E-state index is 0.161. The predicted octanol–water partition coefficient (Wildman–Crippen LogP) is 2.13. The maximum Gasteiger partial charge on any atom is 0.225 e. The van der Waals surface area contributed by atoms with Crippen molar-refractivity contribution < 1.29 is 9.53 Å². The molecule has 1 aromatic heterocycles. The van der Waals surface area contributed by atoms with Gasteiger partial charge in [0.25, 0.3) is 0 Å². The van der Waals surface area contributed by atoms with Crippen LogP contribution >= 0.6 is 0 Å². The van der Waals surface area contributed by atoms with Gasteiger partial charge in [0.05, 0.1) is 12.0 Å². The SMILES string of the molecule is Cc1cccnc1OCC1(C(C)(C(N)=O)C2CCCN2C)CC1. The molecule has 2 N–H and O–H groups in total. The van der Waals surface area contributed by atoms with Crippen LogP contribution in [0.1, 0.15) is 38.2 Å². The van der Waals surface area contributed by atoms with Gasteiger partial charge in [0.2, 0.25) is 11.8 Å². The number of carbonyl (C=O) groups is 1. The summed E-state index contributed by atoms with van der Waals surface area (Å²) in [6.45, 7) is 5.57. The molecule has 0 bridgehead atoms. The monoisotopic (exact) mass is 317 g/mol. The number of aromatic nitrogens is 1. The van der Waals surface area contributed by atoms with Crippen LogP contribution in [0.15, 0.2) is 18.3 Å². The first kappa shape index (κ1) is 16.2. The summed E-state index contributed by atoms with van der Waals surface area (Å²) in [4.78, 5) is 19.0. The number of amides is 1. The lowest BCUT2D eigenvalue weighted by Crippen LogP contribution is -2.56. The number of nitrogens with two attached hydrogens (primary N) is 1. The first-order valence-corrected chi connectivity index (χ1v) is 8.45. The molecule has 2 aliphatic rings. The number of carbonyl (C=O) groups excluding carboxylic acids is 1. The summed E-state index contributed by atoms with van der Waals surface area (Å²) in [5.41, 5.74) is 6.20. The molecule has 1 saturated carbocycles. The molecule has 2 unspecified atom stereocenters. The van der Waals surface area contributed by atoms with Crippen molar-refractivity contribution in [2.24, 2.45) is 16.6 Å². The van der Waals surface area contributed by atoms with Crippen molar-refractivity contribution in [2.75, 3.05) is 20.2 Å². The average molecular weight is 317 g/mol. The number of hydrogen-bond acceptors (Lipinski definition) is 4. The fraction of sp³-hybridized carbons (Fsp3) is 0.667. The summed E-state index contributed by atoms with van der Waals surface area (Å²) in [6.07, 6.45) is 5.87. The Hall–Kier alpha value is -1.62. The van der Waals surface area contributed by atoms with Crippen molar-refractivity contribution in [2.45, 2.75) is 45.6 Å². The van der Waals surface area contributed by atoms with Gasteiger partial charge in [-0.05, 0) is 59.2 Å². The maximum absolute atomic E-state index is 12.4. The van der Waals surface area contributed by atoms with Crippen LogP contribution in [-0.4, -0.2) is 42.0 Å². The molecule has 3 rings (SSSR count). The lowest BCUT2D eigenvalue weighted by Gasteiger charge is -2.43. The molecule has 2 atom stereocenters. The molecule has 0 spiro atoms. The number of ether oxygens (including phenoxy) is 1. The second-order valence-corrected chi connectivity index (χ2v) is 7.40. The van der Waals surface area contributed by atoms with E-state index in [0.717, 1.165) is 37.8 Å². The molecule has 5 nitrogen and oxygen atoms in total. The van der Waals surface area contributed by atoms with Crippen molar-refractivity contribution in [3.8, 4) is 5.88 Å². The Morgan fingerprint density at radius 1 is 1.57 bits per heavy atom. The standard InChI is InChI=1S/C18H27N3O2/c1-13-6-4-10-20-15(13)23-12-18(8-9-18)17(2,16(19)22)14-7-5-11-21(14)3/h4,6,10,14H,5,7-9,11-12H2,1-3H3,(H2,19,22). The number of nitrogens with zero attached hydrogens (tertiary/aromatic N) is 2. The van der Waals surface area contributed by atoms with Gasteiger partial charge in [0.1, 0.15) is 0 Å². The Labute approximate surface area is 138 Å². The van der Waals surface area contributed by atoms with Gasteiger partial charge in [-0.15, -0.1) is 0 Å². The highest BCUT2D eigenvalue weighted by molar-refractivity contribution is 5.83. The van der Waals surface area contributed by atoms with Crippen LogP contribution in [0.3, 0.4) is 0 Å². The number of primary amides is 1. The first-order chi connectivity index (χ1) is 10.9. The summed E-state index contributed by atoms with van der Waals surface area (Å²) in [6, 6.07) is 4.09. The van der Waals surface area contributed by atoms with Crippen molar-refractivity contribution in [3.63, 3.8) is 0 Å². The smallest absolute Gasteiger partial charge is 0.225 e. The van der Waals surface area contributed by atoms with E-state index in [1.54, 1.807) is 6.20 Å². The molecule has 1 aliphatic heterocycles. The third-order valence-electron chi connectivity index (χ3n) is 6.10. The van der Waals surface area contributed by atoms with E-state index in [1.165, 1.54) is 0 Å². The number of hydrogen-bond donors (Lipinski definition) is 1. The quantitative estimate of drug-likeness (QED) is 0.873. The molecular weight excluding hydrogens is 290 g/mol. The summed E-state index contributed by atoms with van der Waals surface area (Å²) >= 11 is 0. The maximum atomic E-state index is 12.4. The Kier molecular flexibility index (Phi) is 4.08. The van der Waals surface area contributed by atoms with E-state index in [2.05, 4.69) is 16.9 Å². The molecule has 1 aromatic rings. The van der Waals surface area contributed by atoms with E-state index < -0.39 is 5.41 Å². The van der Waals surface area contributed by atoms with E-state index >= 15 is 0 Å². The molecule has 2 fully saturated rings. The van der Waals surface area contributed by atoms with Gasteiger partial charge >= 0.3 is 0 Å². The third-order valence-corrected chi connectivity index (χ3v) is 6.10. The van der Waals surface area contributed by atoms with E-state index in [-0.39, 0.29) is 17.4 Å². The predicted molar refractivity (Wildman–Crippen MR) is 89.1 cm³/mol. The topological polar surface area (TPSA) is 68.5 Å². The van der Waals surface area contributed by atoms with E-state index in [1.807, 2.05) is 26.0 Å². The van der Waals surface area contributed by atoms with Gasteiger partial charge in [-0.2, -0.15) is 0 Å². The second kappa shape index (κ2) is 5.78. The van der Waals surface area contributed by atoms with Gasteiger partial charge in [-0.3, -0.25) is 4.79 Å². The van der Waals surface area contributed by atoms with Crippen LogP contribution in [-0.2, 0) is 4.79 Å². The van der Waals surface area contributed by atoms with Crippen LogP contribution in [0.5, 0.6) is 5.88 Å². The molecule has 1 saturated heterocycles. The zero-order valence-electron chi connectivity index (χ0n) is 14.3. The molecule has 1 aliphatic carbocycles. The van der Waals surface area contributed by atoms with Gasteiger partial charge in [0.15, 0.2) is 0 Å². The minimum atomic E-state index is -0.555. The number of pyridine rings is 1. The lowest BCUT2D eigenvalue weighted by molar-refractivity contribution is -0.136. The van der Waals surface area contributed by atoms with Gasteiger partial charge in [-0.25, -0.2) is 4.98 Å². The van der Waals surface area contributed by atoms with Crippen LogP contribution < -0.4 is 10.5 Å². The number of rotatable bonds is 6.